The number of esters is 1. The molecule has 4 rings (SSSR count). The van der Waals surface area contributed by atoms with Crippen molar-refractivity contribution >= 4 is 23.2 Å². The van der Waals surface area contributed by atoms with Crippen molar-refractivity contribution in [1.82, 2.24) is 0 Å². The molecule has 1 aliphatic carbocycles. The Hall–Kier alpha value is -3.73. The lowest BCUT2D eigenvalue weighted by Gasteiger charge is -2.20. The minimum absolute atomic E-state index is 0.135. The Balaban J connectivity index is 1.48. The molecule has 0 heterocycles. The van der Waals surface area contributed by atoms with Crippen LogP contribution in [-0.4, -0.2) is 30.7 Å². The van der Waals surface area contributed by atoms with E-state index in [2.05, 4.69) is 5.32 Å². The summed E-state index contributed by atoms with van der Waals surface area (Å²) in [7, 11) is 0. The van der Waals surface area contributed by atoms with E-state index in [0.29, 0.717) is 40.0 Å². The van der Waals surface area contributed by atoms with E-state index >= 15 is 0 Å². The van der Waals surface area contributed by atoms with E-state index in [1.807, 2.05) is 6.07 Å². The van der Waals surface area contributed by atoms with Crippen molar-refractivity contribution in [2.45, 2.75) is 0 Å². The number of carbonyl (C=O) groups is 3. The SMILES string of the molecule is O=C(OCCNc1cccc2c1C(=O)c1ccccc1C2=O)c1ccccc1. The summed E-state index contributed by atoms with van der Waals surface area (Å²) in [6.45, 7) is 0.453. The summed E-state index contributed by atoms with van der Waals surface area (Å²) in [6, 6.07) is 20.7. The molecule has 0 saturated heterocycles. The summed E-state index contributed by atoms with van der Waals surface area (Å²) in [6.07, 6.45) is 0. The molecule has 0 aliphatic heterocycles. The Morgan fingerprint density at radius 2 is 1.39 bits per heavy atom. The topological polar surface area (TPSA) is 72.5 Å². The number of benzene rings is 3. The first-order valence-corrected chi connectivity index (χ1v) is 8.94. The van der Waals surface area contributed by atoms with Crippen LogP contribution in [0.3, 0.4) is 0 Å². The first-order chi connectivity index (χ1) is 13.7. The maximum absolute atomic E-state index is 12.9. The van der Waals surface area contributed by atoms with Crippen molar-refractivity contribution in [3.05, 3.63) is 101 Å². The molecule has 0 atom stereocenters. The molecule has 5 nitrogen and oxygen atoms in total. The number of fused-ring (bicyclic) bond motifs is 2. The molecular weight excluding hydrogens is 354 g/mol. The Morgan fingerprint density at radius 3 is 2.14 bits per heavy atom. The van der Waals surface area contributed by atoms with Gasteiger partial charge in [-0.1, -0.05) is 54.6 Å². The fourth-order valence-electron chi connectivity index (χ4n) is 3.28. The van der Waals surface area contributed by atoms with Gasteiger partial charge in [-0.3, -0.25) is 9.59 Å². The Kier molecular flexibility index (Phi) is 4.72. The van der Waals surface area contributed by atoms with Crippen molar-refractivity contribution < 1.29 is 19.1 Å². The van der Waals surface area contributed by atoms with Crippen LogP contribution < -0.4 is 5.32 Å². The molecular formula is C23H17NO4. The number of nitrogens with one attached hydrogen (secondary N) is 1. The molecule has 1 N–H and O–H groups in total. The summed E-state index contributed by atoms with van der Waals surface area (Å²) in [5.41, 5.74) is 2.62. The molecule has 0 bridgehead atoms. The van der Waals surface area contributed by atoms with Gasteiger partial charge in [0, 0.05) is 28.9 Å². The van der Waals surface area contributed by atoms with Gasteiger partial charge in [-0.2, -0.15) is 0 Å². The lowest BCUT2D eigenvalue weighted by Crippen LogP contribution is -2.23. The maximum Gasteiger partial charge on any atom is 0.338 e. The molecule has 0 radical (unpaired) electrons. The number of ketones is 2. The molecule has 5 heteroatoms. The summed E-state index contributed by atoms with van der Waals surface area (Å²) >= 11 is 0. The second-order valence-corrected chi connectivity index (χ2v) is 6.36. The number of carbonyl (C=O) groups excluding carboxylic acids is 3. The van der Waals surface area contributed by atoms with Crippen LogP contribution >= 0.6 is 0 Å². The number of rotatable bonds is 5. The van der Waals surface area contributed by atoms with Gasteiger partial charge in [-0.05, 0) is 18.2 Å². The fourth-order valence-corrected chi connectivity index (χ4v) is 3.28. The smallest absolute Gasteiger partial charge is 0.338 e. The Bertz CT molecular complexity index is 1070. The third kappa shape index (κ3) is 3.18. The summed E-state index contributed by atoms with van der Waals surface area (Å²) < 4.78 is 5.24. The van der Waals surface area contributed by atoms with Gasteiger partial charge in [0.25, 0.3) is 0 Å². The first kappa shape index (κ1) is 17.7. The number of hydrogen-bond acceptors (Lipinski definition) is 5. The van der Waals surface area contributed by atoms with Gasteiger partial charge in [0.15, 0.2) is 11.6 Å². The molecule has 28 heavy (non-hydrogen) atoms. The molecule has 3 aromatic rings. The minimum Gasteiger partial charge on any atom is -0.460 e. The number of anilines is 1. The van der Waals surface area contributed by atoms with Crippen molar-refractivity contribution in [1.29, 1.82) is 0 Å². The van der Waals surface area contributed by atoms with E-state index in [9.17, 15) is 14.4 Å². The Labute approximate surface area is 162 Å². The average molecular weight is 371 g/mol. The standard InChI is InChI=1S/C23H17NO4/c25-21-16-9-4-5-10-17(16)22(26)20-18(21)11-6-12-19(20)24-13-14-28-23(27)15-7-2-1-3-8-15/h1-12,24H,13-14H2. The van der Waals surface area contributed by atoms with Crippen LogP contribution in [0.25, 0.3) is 0 Å². The van der Waals surface area contributed by atoms with Crippen LogP contribution in [0, 0.1) is 0 Å². The lowest BCUT2D eigenvalue weighted by molar-refractivity contribution is 0.0520. The van der Waals surface area contributed by atoms with Crippen molar-refractivity contribution in [3.63, 3.8) is 0 Å². The summed E-state index contributed by atoms with van der Waals surface area (Å²) in [5, 5.41) is 3.11. The monoisotopic (exact) mass is 371 g/mol. The first-order valence-electron chi connectivity index (χ1n) is 8.94. The highest BCUT2D eigenvalue weighted by Gasteiger charge is 2.31. The maximum atomic E-state index is 12.9. The molecule has 3 aromatic carbocycles. The molecule has 0 fully saturated rings. The zero-order valence-electron chi connectivity index (χ0n) is 15.0. The molecule has 1 aliphatic rings. The highest BCUT2D eigenvalue weighted by Crippen LogP contribution is 2.31. The Morgan fingerprint density at radius 1 is 0.750 bits per heavy atom. The third-order valence-corrected chi connectivity index (χ3v) is 4.61. The predicted molar refractivity (Wildman–Crippen MR) is 105 cm³/mol. The van der Waals surface area contributed by atoms with E-state index in [1.165, 1.54) is 0 Å². The summed E-state index contributed by atoms with van der Waals surface area (Å²) in [5.74, 6) is -0.753. The normalized spacial score (nSPS) is 12.1. The molecule has 0 spiro atoms. The van der Waals surface area contributed by atoms with Gasteiger partial charge in [0.1, 0.15) is 6.61 Å². The number of ether oxygens (including phenoxy) is 1. The molecule has 0 amide bonds. The fraction of sp³-hybridized carbons (Fsp3) is 0.0870. The molecule has 0 aromatic heterocycles. The van der Waals surface area contributed by atoms with Crippen LogP contribution in [0.4, 0.5) is 5.69 Å². The van der Waals surface area contributed by atoms with Crippen LogP contribution in [0.15, 0.2) is 72.8 Å². The second-order valence-electron chi connectivity index (χ2n) is 6.36. The van der Waals surface area contributed by atoms with E-state index < -0.39 is 5.97 Å². The van der Waals surface area contributed by atoms with Gasteiger partial charge in [0.05, 0.1) is 11.1 Å². The van der Waals surface area contributed by atoms with Crippen molar-refractivity contribution in [2.24, 2.45) is 0 Å². The van der Waals surface area contributed by atoms with E-state index in [1.54, 1.807) is 66.7 Å². The van der Waals surface area contributed by atoms with Crippen molar-refractivity contribution in [3.8, 4) is 0 Å². The van der Waals surface area contributed by atoms with Crippen LogP contribution in [0.2, 0.25) is 0 Å². The zero-order valence-corrected chi connectivity index (χ0v) is 15.0. The van der Waals surface area contributed by atoms with E-state index in [-0.39, 0.29) is 18.2 Å². The van der Waals surface area contributed by atoms with Crippen molar-refractivity contribution in [2.75, 3.05) is 18.5 Å². The zero-order chi connectivity index (χ0) is 19.5. The van der Waals surface area contributed by atoms with Gasteiger partial charge in [-0.15, -0.1) is 0 Å². The lowest BCUT2D eigenvalue weighted by atomic mass is 9.83. The van der Waals surface area contributed by atoms with Gasteiger partial charge in [-0.25, -0.2) is 4.79 Å². The van der Waals surface area contributed by atoms with E-state index in [0.717, 1.165) is 0 Å². The largest absolute Gasteiger partial charge is 0.460 e. The quantitative estimate of drug-likeness (QED) is 0.427. The predicted octanol–water partition coefficient (Wildman–Crippen LogP) is 3.73. The summed E-state index contributed by atoms with van der Waals surface area (Å²) in [4.78, 5) is 37.6. The molecule has 138 valence electrons. The molecule has 0 unspecified atom stereocenters. The second kappa shape index (κ2) is 7.48. The highest BCUT2D eigenvalue weighted by atomic mass is 16.5. The van der Waals surface area contributed by atoms with E-state index in [4.69, 9.17) is 4.74 Å². The van der Waals surface area contributed by atoms with Crippen LogP contribution in [-0.2, 0) is 4.74 Å². The average Bonchev–Trinajstić information content (AvgIpc) is 2.75. The molecule has 0 saturated carbocycles. The van der Waals surface area contributed by atoms with Gasteiger partial charge in [0.2, 0.25) is 0 Å². The van der Waals surface area contributed by atoms with Crippen LogP contribution in [0.5, 0.6) is 0 Å². The third-order valence-electron chi connectivity index (χ3n) is 4.61. The highest BCUT2D eigenvalue weighted by molar-refractivity contribution is 6.30. The van der Waals surface area contributed by atoms with Gasteiger partial charge >= 0.3 is 5.97 Å². The van der Waals surface area contributed by atoms with Crippen LogP contribution in [0.1, 0.15) is 42.2 Å². The number of hydrogen-bond donors (Lipinski definition) is 1. The van der Waals surface area contributed by atoms with Gasteiger partial charge < -0.3 is 10.1 Å². The minimum atomic E-state index is -0.405.